The molecule has 0 unspecified atom stereocenters. The van der Waals surface area contributed by atoms with Crippen LogP contribution < -0.4 is 5.14 Å². The largest absolute Gasteiger partial charge is 0.301 e. The van der Waals surface area contributed by atoms with Crippen molar-refractivity contribution in [2.75, 3.05) is 0 Å². The van der Waals surface area contributed by atoms with Gasteiger partial charge in [0, 0.05) is 16.7 Å². The minimum atomic E-state index is -4.39. The molecule has 12 heteroatoms. The average molecular weight is 307 g/mol. The Balaban J connectivity index is 3.64. The van der Waals surface area contributed by atoms with Crippen molar-refractivity contribution in [1.82, 2.24) is 0 Å². The standard InChI is InChI=1S/C4H3ClN2O6S3/c5-15(10,11)4-2(7(8)9)1-3(14-4)16(6,12)13/h1H,(H2,6,12,13). The molecule has 0 spiro atoms. The first-order valence-electron chi connectivity index (χ1n) is 3.29. The number of halogens is 1. The number of thiophene rings is 1. The molecule has 1 aromatic rings. The number of sulfonamides is 1. The van der Waals surface area contributed by atoms with Gasteiger partial charge in [-0.25, -0.2) is 22.0 Å². The number of rotatable bonds is 3. The molecule has 90 valence electrons. The van der Waals surface area contributed by atoms with Gasteiger partial charge in [0.1, 0.15) is 4.21 Å². The summed E-state index contributed by atoms with van der Waals surface area (Å²) in [6.07, 6.45) is 0. The molecule has 0 aromatic carbocycles. The van der Waals surface area contributed by atoms with Crippen LogP contribution in [0.3, 0.4) is 0 Å². The molecule has 16 heavy (non-hydrogen) atoms. The van der Waals surface area contributed by atoms with Crippen LogP contribution in [-0.2, 0) is 19.1 Å². The molecule has 0 bridgehead atoms. The highest BCUT2D eigenvalue weighted by Crippen LogP contribution is 2.36. The maximum absolute atomic E-state index is 10.9. The number of hydrogen-bond donors (Lipinski definition) is 1. The van der Waals surface area contributed by atoms with Gasteiger partial charge < -0.3 is 0 Å². The van der Waals surface area contributed by atoms with Crippen LogP contribution in [0.4, 0.5) is 5.69 Å². The average Bonchev–Trinajstić information content (AvgIpc) is 2.44. The van der Waals surface area contributed by atoms with E-state index in [1.54, 1.807) is 0 Å². The van der Waals surface area contributed by atoms with E-state index in [9.17, 15) is 26.9 Å². The lowest BCUT2D eigenvalue weighted by atomic mass is 10.6. The molecule has 1 aromatic heterocycles. The van der Waals surface area contributed by atoms with Crippen molar-refractivity contribution in [3.63, 3.8) is 0 Å². The van der Waals surface area contributed by atoms with Gasteiger partial charge in [-0.3, -0.25) is 10.1 Å². The highest BCUT2D eigenvalue weighted by molar-refractivity contribution is 8.15. The monoisotopic (exact) mass is 306 g/mol. The molecule has 0 radical (unpaired) electrons. The number of nitrogens with zero attached hydrogens (tertiary/aromatic N) is 1. The van der Waals surface area contributed by atoms with E-state index in [0.717, 1.165) is 0 Å². The van der Waals surface area contributed by atoms with Gasteiger partial charge in [0.05, 0.1) is 4.92 Å². The molecule has 0 saturated carbocycles. The van der Waals surface area contributed by atoms with E-state index in [1.807, 2.05) is 0 Å². The summed E-state index contributed by atoms with van der Waals surface area (Å²) in [5.41, 5.74) is -0.913. The first-order chi connectivity index (χ1) is 7.03. The van der Waals surface area contributed by atoms with Crippen molar-refractivity contribution in [2.24, 2.45) is 5.14 Å². The van der Waals surface area contributed by atoms with Crippen LogP contribution in [0.2, 0.25) is 0 Å². The zero-order chi connectivity index (χ0) is 12.7. The molecule has 1 heterocycles. The van der Waals surface area contributed by atoms with Gasteiger partial charge in [-0.1, -0.05) is 0 Å². The Hall–Kier alpha value is -0.750. The molecule has 0 aliphatic rings. The fourth-order valence-electron chi connectivity index (χ4n) is 0.786. The molecule has 0 aliphatic heterocycles. The molecular formula is C4H3ClN2O6S3. The second kappa shape index (κ2) is 3.92. The quantitative estimate of drug-likeness (QED) is 0.482. The normalized spacial score (nSPS) is 12.6. The Bertz CT molecular complexity index is 643. The third kappa shape index (κ3) is 2.68. The van der Waals surface area contributed by atoms with Crippen molar-refractivity contribution >= 4 is 46.8 Å². The van der Waals surface area contributed by atoms with Crippen LogP contribution in [0, 0.1) is 10.1 Å². The smallest absolute Gasteiger partial charge is 0.258 e. The van der Waals surface area contributed by atoms with Crippen molar-refractivity contribution in [1.29, 1.82) is 0 Å². The highest BCUT2D eigenvalue weighted by atomic mass is 35.7. The molecule has 0 atom stereocenters. The predicted octanol–water partition coefficient (Wildman–Crippen LogP) is 0.231. The Labute approximate surface area is 98.3 Å². The lowest BCUT2D eigenvalue weighted by Gasteiger charge is -1.89. The van der Waals surface area contributed by atoms with E-state index in [0.29, 0.717) is 6.07 Å². The molecule has 0 amide bonds. The van der Waals surface area contributed by atoms with Crippen LogP contribution in [0.1, 0.15) is 0 Å². The zero-order valence-corrected chi connectivity index (χ0v) is 10.4. The Morgan fingerprint density at radius 1 is 1.38 bits per heavy atom. The third-order valence-electron chi connectivity index (χ3n) is 1.36. The lowest BCUT2D eigenvalue weighted by molar-refractivity contribution is -0.387. The summed E-state index contributed by atoms with van der Waals surface area (Å²) in [4.78, 5) is 9.41. The van der Waals surface area contributed by atoms with E-state index >= 15 is 0 Å². The van der Waals surface area contributed by atoms with Gasteiger partial charge in [-0.2, -0.15) is 0 Å². The molecule has 0 aliphatic carbocycles. The number of hydrogen-bond acceptors (Lipinski definition) is 7. The van der Waals surface area contributed by atoms with Gasteiger partial charge in [0.25, 0.3) is 9.05 Å². The fourth-order valence-corrected chi connectivity index (χ4v) is 4.10. The van der Waals surface area contributed by atoms with Crippen molar-refractivity contribution in [2.45, 2.75) is 8.42 Å². The van der Waals surface area contributed by atoms with E-state index in [4.69, 9.17) is 15.8 Å². The van der Waals surface area contributed by atoms with E-state index < -0.39 is 38.1 Å². The Morgan fingerprint density at radius 3 is 2.12 bits per heavy atom. The van der Waals surface area contributed by atoms with E-state index in [1.165, 1.54) is 0 Å². The topological polar surface area (TPSA) is 137 Å². The molecule has 2 N–H and O–H groups in total. The van der Waals surface area contributed by atoms with Crippen LogP contribution in [0.25, 0.3) is 0 Å². The van der Waals surface area contributed by atoms with E-state index in [2.05, 4.69) is 0 Å². The maximum atomic E-state index is 10.9. The molecule has 8 nitrogen and oxygen atoms in total. The Morgan fingerprint density at radius 2 is 1.88 bits per heavy atom. The maximum Gasteiger partial charge on any atom is 0.301 e. The SMILES string of the molecule is NS(=O)(=O)c1cc([N+](=O)[O-])c(S(=O)(=O)Cl)s1. The summed E-state index contributed by atoms with van der Waals surface area (Å²) in [6.45, 7) is 0. The van der Waals surface area contributed by atoms with Gasteiger partial charge >= 0.3 is 5.69 Å². The molecular weight excluding hydrogens is 304 g/mol. The summed E-state index contributed by atoms with van der Waals surface area (Å²) in [7, 11) is -3.68. The summed E-state index contributed by atoms with van der Waals surface area (Å²) in [5, 5.41) is 15.2. The van der Waals surface area contributed by atoms with Gasteiger partial charge in [-0.15, -0.1) is 11.3 Å². The first-order valence-corrected chi connectivity index (χ1v) is 7.96. The van der Waals surface area contributed by atoms with Crippen LogP contribution in [-0.4, -0.2) is 21.8 Å². The molecule has 0 fully saturated rings. The van der Waals surface area contributed by atoms with Crippen LogP contribution in [0.15, 0.2) is 14.5 Å². The van der Waals surface area contributed by atoms with Crippen LogP contribution in [0.5, 0.6) is 0 Å². The summed E-state index contributed by atoms with van der Waals surface area (Å²) in [6, 6.07) is 0.551. The van der Waals surface area contributed by atoms with Crippen molar-refractivity contribution in [3.05, 3.63) is 16.2 Å². The third-order valence-corrected chi connectivity index (χ3v) is 5.99. The number of primary sulfonamides is 1. The summed E-state index contributed by atoms with van der Waals surface area (Å²) < 4.78 is 42.1. The molecule has 0 saturated heterocycles. The van der Waals surface area contributed by atoms with E-state index in [-0.39, 0.29) is 11.3 Å². The van der Waals surface area contributed by atoms with Crippen molar-refractivity contribution < 1.29 is 21.8 Å². The second-order valence-corrected chi connectivity index (χ2v) is 8.08. The van der Waals surface area contributed by atoms with Crippen molar-refractivity contribution in [3.8, 4) is 0 Å². The number of nitro groups is 1. The van der Waals surface area contributed by atoms with Gasteiger partial charge in [0.15, 0.2) is 0 Å². The predicted molar refractivity (Wildman–Crippen MR) is 55.4 cm³/mol. The highest BCUT2D eigenvalue weighted by Gasteiger charge is 2.31. The summed E-state index contributed by atoms with van der Waals surface area (Å²) >= 11 is 0.127. The minimum Gasteiger partial charge on any atom is -0.258 e. The van der Waals surface area contributed by atoms with Gasteiger partial charge in [-0.05, 0) is 0 Å². The minimum absolute atomic E-state index is 0.127. The van der Waals surface area contributed by atoms with Crippen LogP contribution >= 0.6 is 22.0 Å². The molecule has 1 rings (SSSR count). The number of nitrogens with two attached hydrogens (primary N) is 1. The Kier molecular flexibility index (Phi) is 3.27. The zero-order valence-electron chi connectivity index (χ0n) is 7.15. The fraction of sp³-hybridized carbons (Fsp3) is 0. The summed E-state index contributed by atoms with van der Waals surface area (Å²) in [5.74, 6) is 0. The first kappa shape index (κ1) is 13.3. The lowest BCUT2D eigenvalue weighted by Crippen LogP contribution is -2.09. The van der Waals surface area contributed by atoms with Gasteiger partial charge in [0.2, 0.25) is 14.2 Å². The second-order valence-electron chi connectivity index (χ2n) is 2.48.